The first-order valence-electron chi connectivity index (χ1n) is 6.36. The third-order valence-electron chi connectivity index (χ3n) is 3.85. The highest BCUT2D eigenvalue weighted by Gasteiger charge is 2.36. The Morgan fingerprint density at radius 2 is 2.19 bits per heavy atom. The maximum absolute atomic E-state index is 5.45. The number of nitrogens with zero attached hydrogens (tertiary/aromatic N) is 1. The molecule has 2 aliphatic rings. The van der Waals surface area contributed by atoms with E-state index in [0.717, 1.165) is 36.8 Å². The Kier molecular flexibility index (Phi) is 4.41. The van der Waals surface area contributed by atoms with E-state index in [-0.39, 0.29) is 0 Å². The van der Waals surface area contributed by atoms with E-state index in [1.165, 1.54) is 32.1 Å². The minimum atomic E-state index is 0.719. The van der Waals surface area contributed by atoms with Crippen LogP contribution >= 0.6 is 12.2 Å². The van der Waals surface area contributed by atoms with Crippen LogP contribution in [0.5, 0.6) is 0 Å². The van der Waals surface area contributed by atoms with E-state index >= 15 is 0 Å². The first-order valence-corrected chi connectivity index (χ1v) is 6.77. The second kappa shape index (κ2) is 5.82. The summed E-state index contributed by atoms with van der Waals surface area (Å²) in [7, 11) is 1.72. The van der Waals surface area contributed by atoms with Crippen LogP contribution < -0.4 is 5.32 Å². The molecule has 0 radical (unpaired) electrons. The monoisotopic (exact) mass is 242 g/mol. The van der Waals surface area contributed by atoms with Crippen molar-refractivity contribution >= 4 is 17.3 Å². The van der Waals surface area contributed by atoms with Gasteiger partial charge in [-0.1, -0.05) is 12.8 Å². The summed E-state index contributed by atoms with van der Waals surface area (Å²) in [4.78, 5) is 2.41. The Labute approximate surface area is 104 Å². The van der Waals surface area contributed by atoms with Gasteiger partial charge in [-0.05, 0) is 37.4 Å². The molecule has 1 N–H and O–H groups in total. The van der Waals surface area contributed by atoms with Gasteiger partial charge in [-0.2, -0.15) is 0 Å². The molecule has 92 valence electrons. The summed E-state index contributed by atoms with van der Waals surface area (Å²) < 4.78 is 5.02. The Hall–Kier alpha value is -0.350. The summed E-state index contributed by atoms with van der Waals surface area (Å²) in [5.41, 5.74) is 0. The Bertz CT molecular complexity index is 247. The molecule has 0 aromatic heterocycles. The summed E-state index contributed by atoms with van der Waals surface area (Å²) in [6, 6.07) is 0.719. The van der Waals surface area contributed by atoms with Crippen LogP contribution in [0.3, 0.4) is 0 Å². The Morgan fingerprint density at radius 1 is 1.38 bits per heavy atom. The van der Waals surface area contributed by atoms with Crippen molar-refractivity contribution in [1.29, 1.82) is 0 Å². The van der Waals surface area contributed by atoms with Crippen LogP contribution in [0, 0.1) is 5.92 Å². The molecule has 16 heavy (non-hydrogen) atoms. The summed E-state index contributed by atoms with van der Waals surface area (Å²) in [6.45, 7) is 2.69. The number of hydrogen-bond acceptors (Lipinski definition) is 2. The van der Waals surface area contributed by atoms with Gasteiger partial charge < -0.3 is 15.0 Å². The number of methoxy groups -OCH3 is 1. The van der Waals surface area contributed by atoms with Crippen molar-refractivity contribution in [3.8, 4) is 0 Å². The van der Waals surface area contributed by atoms with E-state index in [1.54, 1.807) is 7.11 Å². The molecule has 0 aromatic rings. The lowest BCUT2D eigenvalue weighted by Gasteiger charge is -2.33. The highest BCUT2D eigenvalue weighted by Crippen LogP contribution is 2.35. The number of nitrogens with one attached hydrogen (secondary N) is 1. The van der Waals surface area contributed by atoms with Crippen molar-refractivity contribution in [2.75, 3.05) is 26.8 Å². The molecular weight excluding hydrogens is 220 g/mol. The van der Waals surface area contributed by atoms with Crippen LogP contribution in [-0.2, 0) is 4.74 Å². The van der Waals surface area contributed by atoms with Gasteiger partial charge in [-0.25, -0.2) is 0 Å². The molecule has 1 saturated heterocycles. The van der Waals surface area contributed by atoms with Gasteiger partial charge in [-0.15, -0.1) is 0 Å². The van der Waals surface area contributed by atoms with Crippen LogP contribution in [0.4, 0.5) is 0 Å². The molecule has 0 spiro atoms. The predicted molar refractivity (Wildman–Crippen MR) is 69.5 cm³/mol. The number of rotatable bonds is 3. The Morgan fingerprint density at radius 3 is 3.00 bits per heavy atom. The largest absolute Gasteiger partial charge is 0.383 e. The average Bonchev–Trinajstić information content (AvgIpc) is 2.73. The zero-order valence-corrected chi connectivity index (χ0v) is 10.9. The molecule has 4 heteroatoms. The summed E-state index contributed by atoms with van der Waals surface area (Å²) in [5, 5.41) is 4.23. The van der Waals surface area contributed by atoms with E-state index in [0.29, 0.717) is 0 Å². The van der Waals surface area contributed by atoms with Gasteiger partial charge in [0.2, 0.25) is 0 Å². The highest BCUT2D eigenvalue weighted by molar-refractivity contribution is 7.80. The average molecular weight is 242 g/mol. The van der Waals surface area contributed by atoms with Crippen LogP contribution in [0.15, 0.2) is 0 Å². The molecule has 2 atom stereocenters. The molecule has 2 rings (SSSR count). The van der Waals surface area contributed by atoms with Gasteiger partial charge in [0.1, 0.15) is 0 Å². The number of ether oxygens (including phenoxy) is 1. The standard InChI is InChI=1S/C12H22N2OS/c1-15-9-7-13-12(16)14-8-6-10-4-2-3-5-11(10)14/h10-11H,2-9H2,1H3,(H,13,16). The zero-order valence-electron chi connectivity index (χ0n) is 10.1. The molecule has 3 nitrogen and oxygen atoms in total. The normalized spacial score (nSPS) is 28.9. The van der Waals surface area contributed by atoms with Gasteiger partial charge >= 0.3 is 0 Å². The van der Waals surface area contributed by atoms with Crippen LogP contribution in [0.2, 0.25) is 0 Å². The van der Waals surface area contributed by atoms with E-state index < -0.39 is 0 Å². The summed E-state index contributed by atoms with van der Waals surface area (Å²) in [6.07, 6.45) is 6.85. The first-order chi connectivity index (χ1) is 7.83. The molecule has 0 aromatic carbocycles. The van der Waals surface area contributed by atoms with Crippen LogP contribution in [0.1, 0.15) is 32.1 Å². The molecule has 1 saturated carbocycles. The molecule has 1 heterocycles. The van der Waals surface area contributed by atoms with E-state index in [1.807, 2.05) is 0 Å². The van der Waals surface area contributed by atoms with E-state index in [9.17, 15) is 0 Å². The topological polar surface area (TPSA) is 24.5 Å². The number of likely N-dealkylation sites (tertiary alicyclic amines) is 1. The third-order valence-corrected chi connectivity index (χ3v) is 4.23. The molecular formula is C12H22N2OS. The molecule has 1 aliphatic carbocycles. The predicted octanol–water partition coefficient (Wildman–Crippen LogP) is 1.77. The number of thiocarbonyl (C=S) groups is 1. The Balaban J connectivity index is 1.82. The highest BCUT2D eigenvalue weighted by atomic mass is 32.1. The number of fused-ring (bicyclic) bond motifs is 1. The molecule has 0 amide bonds. The van der Waals surface area contributed by atoms with E-state index in [4.69, 9.17) is 17.0 Å². The lowest BCUT2D eigenvalue weighted by atomic mass is 9.85. The SMILES string of the molecule is COCCNC(=S)N1CCC2CCCCC21. The van der Waals surface area contributed by atoms with Gasteiger partial charge in [0.15, 0.2) is 5.11 Å². The van der Waals surface area contributed by atoms with Crippen molar-refractivity contribution in [3.05, 3.63) is 0 Å². The third kappa shape index (κ3) is 2.66. The van der Waals surface area contributed by atoms with Crippen molar-refractivity contribution in [3.63, 3.8) is 0 Å². The van der Waals surface area contributed by atoms with Gasteiger partial charge in [-0.3, -0.25) is 0 Å². The second-order valence-corrected chi connectivity index (χ2v) is 5.21. The molecule has 2 fully saturated rings. The smallest absolute Gasteiger partial charge is 0.169 e. The molecule has 0 bridgehead atoms. The van der Waals surface area contributed by atoms with Crippen molar-refractivity contribution < 1.29 is 4.74 Å². The maximum Gasteiger partial charge on any atom is 0.169 e. The summed E-state index contributed by atoms with van der Waals surface area (Å²) >= 11 is 5.45. The fourth-order valence-corrected chi connectivity index (χ4v) is 3.35. The molecule has 2 unspecified atom stereocenters. The van der Waals surface area contributed by atoms with Crippen molar-refractivity contribution in [2.45, 2.75) is 38.1 Å². The fraction of sp³-hybridized carbons (Fsp3) is 0.917. The minimum absolute atomic E-state index is 0.719. The van der Waals surface area contributed by atoms with E-state index in [2.05, 4.69) is 10.2 Å². The van der Waals surface area contributed by atoms with Crippen molar-refractivity contribution in [2.24, 2.45) is 5.92 Å². The van der Waals surface area contributed by atoms with Gasteiger partial charge in [0.05, 0.1) is 6.61 Å². The van der Waals surface area contributed by atoms with Crippen LogP contribution in [0.25, 0.3) is 0 Å². The second-order valence-electron chi connectivity index (χ2n) is 4.82. The lowest BCUT2D eigenvalue weighted by Crippen LogP contribution is -2.45. The van der Waals surface area contributed by atoms with Crippen molar-refractivity contribution in [1.82, 2.24) is 10.2 Å². The summed E-state index contributed by atoms with van der Waals surface area (Å²) in [5.74, 6) is 0.899. The first kappa shape index (κ1) is 12.1. The minimum Gasteiger partial charge on any atom is -0.383 e. The zero-order chi connectivity index (χ0) is 11.4. The number of hydrogen-bond donors (Lipinski definition) is 1. The maximum atomic E-state index is 5.45. The lowest BCUT2D eigenvalue weighted by molar-refractivity contribution is 0.201. The quantitative estimate of drug-likeness (QED) is 0.602. The molecule has 1 aliphatic heterocycles. The van der Waals surface area contributed by atoms with Gasteiger partial charge in [0, 0.05) is 26.2 Å². The van der Waals surface area contributed by atoms with Crippen LogP contribution in [-0.4, -0.2) is 42.9 Å². The van der Waals surface area contributed by atoms with Gasteiger partial charge in [0.25, 0.3) is 0 Å². The fourth-order valence-electron chi connectivity index (χ4n) is 3.02.